The number of carbonyl (C=O) groups excluding carboxylic acids is 11. The first-order chi connectivity index (χ1) is 44.4. The number of hydrogen-bond acceptors (Lipinski definition) is 13. The van der Waals surface area contributed by atoms with E-state index in [0.717, 1.165) is 24.8 Å². The minimum absolute atomic E-state index is 0.00570. The highest BCUT2D eigenvalue weighted by molar-refractivity contribution is 6.31. The summed E-state index contributed by atoms with van der Waals surface area (Å²) in [6.07, 6.45) is 24.1. The fourth-order valence-corrected chi connectivity index (χ4v) is 16.1. The number of benzene rings is 1. The number of rotatable bonds is 10. The minimum atomic E-state index is -1.08. The van der Waals surface area contributed by atoms with Gasteiger partial charge in [0.05, 0.1) is 19.2 Å². The summed E-state index contributed by atoms with van der Waals surface area (Å²) in [5, 5.41) is 0.632. The number of hydrogen-bond donors (Lipinski definition) is 0. The number of ether oxygens (including phenoxy) is 2. The SMILES string of the molecule is CCC.CCC.CC[C@@H]1C=C[C@H]2CCN(C(=O)[C@@H]3CC[C@H]4C=C[C@]5(CCCN5C(=O)C(C)Cc5ccccc5Cl)C(=O)N43)[C@@H]2C(=O)N1CC.CC[C@@H]1C=C[C@H]2CCN(C(=O)[C@@H]3CC[C@H]4CC[C@]5(CCCN5C(=O)OC(C)(C)C)C(=O)N43)C2C(=O)N1CC(=O)OC.O=C=O. The lowest BCUT2D eigenvalue weighted by molar-refractivity contribution is -0.192. The summed E-state index contributed by atoms with van der Waals surface area (Å²) in [5.41, 5.74) is -1.85. The molecule has 93 heavy (non-hydrogen) atoms. The molecular weight excluding hydrogens is 1210 g/mol. The second-order valence-electron chi connectivity index (χ2n) is 27.5. The van der Waals surface area contributed by atoms with Gasteiger partial charge in [0.2, 0.25) is 35.4 Å². The third-order valence-corrected chi connectivity index (χ3v) is 20.5. The lowest BCUT2D eigenvalue weighted by Crippen LogP contribution is -2.66. The number of piperidine rings is 1. The van der Waals surface area contributed by atoms with Gasteiger partial charge in [0.1, 0.15) is 47.4 Å². The Hall–Kier alpha value is -6.86. The molecule has 0 saturated carbocycles. The van der Waals surface area contributed by atoms with Gasteiger partial charge in [-0.05, 0) is 136 Å². The van der Waals surface area contributed by atoms with E-state index < -0.39 is 52.9 Å². The van der Waals surface area contributed by atoms with Crippen LogP contribution in [0.2, 0.25) is 5.02 Å². The maximum Gasteiger partial charge on any atom is 0.411 e. The Morgan fingerprint density at radius 3 is 1.75 bits per heavy atom. The Morgan fingerprint density at radius 2 is 1.19 bits per heavy atom. The van der Waals surface area contributed by atoms with Crippen LogP contribution >= 0.6 is 11.6 Å². The fourth-order valence-electron chi connectivity index (χ4n) is 15.9. The van der Waals surface area contributed by atoms with Crippen molar-refractivity contribution in [3.05, 3.63) is 71.3 Å². The summed E-state index contributed by atoms with van der Waals surface area (Å²) >= 11 is 6.39. The van der Waals surface area contributed by atoms with Crippen LogP contribution in [0, 0.1) is 17.8 Å². The average Bonchev–Trinajstić information content (AvgIpc) is 1.64. The van der Waals surface area contributed by atoms with Crippen LogP contribution in [0.15, 0.2) is 60.7 Å². The van der Waals surface area contributed by atoms with Crippen LogP contribution in [-0.4, -0.2) is 210 Å². The lowest BCUT2D eigenvalue weighted by atomic mass is 9.82. The van der Waals surface area contributed by atoms with E-state index in [2.05, 4.69) is 46.8 Å². The molecule has 13 atom stereocenters. The van der Waals surface area contributed by atoms with Gasteiger partial charge < -0.3 is 43.8 Å². The molecule has 512 valence electrons. The molecule has 2 spiro atoms. The summed E-state index contributed by atoms with van der Waals surface area (Å²) in [6, 6.07) is 4.52. The van der Waals surface area contributed by atoms with Crippen molar-refractivity contribution in [2.45, 2.75) is 250 Å². The van der Waals surface area contributed by atoms with Gasteiger partial charge in [-0.1, -0.05) is 128 Å². The highest BCUT2D eigenvalue weighted by atomic mass is 35.5. The average molecular weight is 1310 g/mol. The first-order valence-electron chi connectivity index (χ1n) is 34.4. The van der Waals surface area contributed by atoms with Crippen LogP contribution in [0.1, 0.15) is 184 Å². The van der Waals surface area contributed by atoms with Crippen LogP contribution in [0.3, 0.4) is 0 Å². The first-order valence-corrected chi connectivity index (χ1v) is 34.8. The van der Waals surface area contributed by atoms with Crippen LogP contribution in [-0.2, 0) is 63.8 Å². The number of likely N-dealkylation sites (N-methyl/N-ethyl adjacent to an activating group) is 1. The van der Waals surface area contributed by atoms with Gasteiger partial charge >= 0.3 is 18.2 Å². The molecule has 21 nitrogen and oxygen atoms in total. The Bertz CT molecular complexity index is 3010. The van der Waals surface area contributed by atoms with E-state index in [1.54, 1.807) is 29.4 Å². The monoisotopic (exact) mass is 1310 g/mol. The molecule has 0 bridgehead atoms. The van der Waals surface area contributed by atoms with Crippen LogP contribution in [0.4, 0.5) is 4.79 Å². The van der Waals surface area contributed by atoms with Crippen molar-refractivity contribution in [3.8, 4) is 0 Å². The molecular formula is C71H103ClN8O13. The van der Waals surface area contributed by atoms with Gasteiger partial charge in [0.25, 0.3) is 5.91 Å². The molecule has 1 aromatic rings. The maximum absolute atomic E-state index is 14.5. The highest BCUT2D eigenvalue weighted by Gasteiger charge is 2.61. The van der Waals surface area contributed by atoms with Gasteiger partial charge in [-0.2, -0.15) is 9.59 Å². The van der Waals surface area contributed by atoms with Crippen LogP contribution in [0.5, 0.6) is 0 Å². The molecule has 10 aliphatic heterocycles. The van der Waals surface area contributed by atoms with Crippen molar-refractivity contribution in [1.29, 1.82) is 0 Å². The number of carbonyl (C=O) groups is 9. The zero-order valence-electron chi connectivity index (χ0n) is 57.2. The van der Waals surface area contributed by atoms with Crippen LogP contribution < -0.4 is 0 Å². The minimum Gasteiger partial charge on any atom is -0.468 e. The number of nitrogens with zero attached hydrogens (tertiary/aromatic N) is 8. The largest absolute Gasteiger partial charge is 0.468 e. The first kappa shape index (κ1) is 73.5. The summed E-state index contributed by atoms with van der Waals surface area (Å²) in [6.45, 7) is 24.1. The number of fused-ring (bicyclic) bond motifs is 4. The van der Waals surface area contributed by atoms with Crippen LogP contribution in [0.25, 0.3) is 0 Å². The van der Waals surface area contributed by atoms with Gasteiger partial charge in [-0.15, -0.1) is 0 Å². The maximum atomic E-state index is 14.5. The molecule has 22 heteroatoms. The summed E-state index contributed by atoms with van der Waals surface area (Å²) in [7, 11) is 1.29. The molecule has 10 heterocycles. The quantitative estimate of drug-likeness (QED) is 0.157. The van der Waals surface area contributed by atoms with Crippen molar-refractivity contribution >= 4 is 71.2 Å². The molecule has 2 unspecified atom stereocenters. The van der Waals surface area contributed by atoms with E-state index >= 15 is 0 Å². The van der Waals surface area contributed by atoms with Crippen molar-refractivity contribution in [3.63, 3.8) is 0 Å². The van der Waals surface area contributed by atoms with E-state index in [-0.39, 0.29) is 96.0 Å². The van der Waals surface area contributed by atoms with Crippen molar-refractivity contribution < 1.29 is 62.2 Å². The highest BCUT2D eigenvalue weighted by Crippen LogP contribution is 2.47. The van der Waals surface area contributed by atoms with Crippen molar-refractivity contribution in [2.24, 2.45) is 17.8 Å². The van der Waals surface area contributed by atoms with Gasteiger partial charge in [0.15, 0.2) is 0 Å². The number of likely N-dealkylation sites (tertiary alicyclic amines) is 4. The van der Waals surface area contributed by atoms with Gasteiger partial charge in [0, 0.05) is 67.6 Å². The predicted octanol–water partition coefficient (Wildman–Crippen LogP) is 8.95. The van der Waals surface area contributed by atoms with E-state index in [9.17, 15) is 43.2 Å². The standard InChI is InChI=1S/C34H43ClN4O4.C30H44N4O7.2C3H8.CO2/c1-4-25-12-11-23-16-20-37(29(23)32(42)36(25)5-2)31(41)28-14-13-26-15-18-34(33(43)39(26)28)17-8-19-38(34)30(40)22(3)21-24-9-6-7-10-27(24)35;1-6-20-9-8-19-13-17-31(24(19)26(37)32(20)18-23(35)40-5)25(36)22-11-10-21-12-15-30(27(38)34(21)22)14-7-16-33(30)28(39)41-29(2,3)4;2*1-3-2;2-1-3/h6-7,9-12,15,18,22-23,25-26,28-29H,4-5,8,13-14,16-17,19-21H2,1-3H3;8-9,19-22,24H,6-7,10-18H2,1-5H3;2*3H2,1-2H3;/t22?,23-,25+,26-,28-,29-,34+;19-,20+,21-,22-,24?,30+;;;/m00.../s1. The molecule has 11 rings (SSSR count). The second kappa shape index (κ2) is 32.0. The summed E-state index contributed by atoms with van der Waals surface area (Å²) in [4.78, 5) is 154. The molecule has 8 amide bonds. The zero-order valence-corrected chi connectivity index (χ0v) is 57.9. The number of methoxy groups -OCH3 is 1. The Balaban J connectivity index is 0.000000234. The Morgan fingerprint density at radius 1 is 0.656 bits per heavy atom. The number of amides is 8. The normalized spacial score (nSPS) is 30.1. The molecule has 0 aromatic heterocycles. The smallest absolute Gasteiger partial charge is 0.411 e. The van der Waals surface area contributed by atoms with Gasteiger partial charge in [-0.3, -0.25) is 43.3 Å². The van der Waals surface area contributed by atoms with E-state index in [1.807, 2.05) is 95.0 Å². The van der Waals surface area contributed by atoms with E-state index in [4.69, 9.17) is 30.7 Å². The Kier molecular flexibility index (Phi) is 25.3. The van der Waals surface area contributed by atoms with Crippen molar-refractivity contribution in [1.82, 2.24) is 39.2 Å². The number of esters is 1. The lowest BCUT2D eigenvalue weighted by Gasteiger charge is -2.47. The fraction of sp³-hybridized carbons (Fsp3) is 0.690. The molecule has 0 N–H and O–H groups in total. The molecule has 7 fully saturated rings. The number of halogens is 1. The molecule has 0 aliphatic carbocycles. The summed E-state index contributed by atoms with van der Waals surface area (Å²) < 4.78 is 10.5. The van der Waals surface area contributed by atoms with Gasteiger partial charge in [-0.25, -0.2) is 4.79 Å². The predicted molar refractivity (Wildman–Crippen MR) is 350 cm³/mol. The third kappa shape index (κ3) is 15.1. The van der Waals surface area contributed by atoms with Crippen molar-refractivity contribution in [2.75, 3.05) is 46.4 Å². The molecule has 7 saturated heterocycles. The third-order valence-electron chi connectivity index (χ3n) is 20.1. The van der Waals surface area contributed by atoms with E-state index in [1.165, 1.54) is 24.9 Å². The zero-order chi connectivity index (χ0) is 68.3. The molecule has 10 aliphatic rings. The second-order valence-corrected chi connectivity index (χ2v) is 27.9. The molecule has 1 aromatic carbocycles. The molecule has 0 radical (unpaired) electrons. The van der Waals surface area contributed by atoms with E-state index in [0.29, 0.717) is 115 Å². The summed E-state index contributed by atoms with van der Waals surface area (Å²) in [5.74, 6) is -2.03. The topological polar surface area (TPSA) is 232 Å². The Labute approximate surface area is 555 Å².